The number of carbonyl (C=O) groups is 1. The summed E-state index contributed by atoms with van der Waals surface area (Å²) in [6.07, 6.45) is 2.62. The Morgan fingerprint density at radius 2 is 2.11 bits per heavy atom. The summed E-state index contributed by atoms with van der Waals surface area (Å²) in [4.78, 5) is 14.1. The van der Waals surface area contributed by atoms with Gasteiger partial charge < -0.3 is 10.2 Å². The van der Waals surface area contributed by atoms with Gasteiger partial charge in [0, 0.05) is 25.7 Å². The highest BCUT2D eigenvalue weighted by Crippen LogP contribution is 2.12. The number of hydrogen-bond donors (Lipinski definition) is 1. The molecular weight excluding hydrogens is 224 g/mol. The van der Waals surface area contributed by atoms with Crippen LogP contribution in [0.15, 0.2) is 42.6 Å². The molecule has 1 atom stereocenters. The van der Waals surface area contributed by atoms with E-state index in [1.807, 2.05) is 30.1 Å². The predicted octanol–water partition coefficient (Wildman–Crippen LogP) is 1.95. The van der Waals surface area contributed by atoms with Crippen molar-refractivity contribution >= 4 is 5.91 Å². The molecule has 18 heavy (non-hydrogen) atoms. The van der Waals surface area contributed by atoms with Gasteiger partial charge in [0.2, 0.25) is 5.91 Å². The van der Waals surface area contributed by atoms with Gasteiger partial charge in [-0.05, 0) is 18.4 Å². The van der Waals surface area contributed by atoms with Crippen molar-refractivity contribution in [2.24, 2.45) is 0 Å². The maximum Gasteiger partial charge on any atom is 0.245 e. The zero-order valence-corrected chi connectivity index (χ0v) is 10.9. The highest BCUT2D eigenvalue weighted by molar-refractivity contribution is 5.82. The lowest BCUT2D eigenvalue weighted by molar-refractivity contribution is -0.132. The third-order valence-electron chi connectivity index (χ3n) is 3.31. The minimum absolute atomic E-state index is 0.153. The molecule has 1 N–H and O–H groups in total. The van der Waals surface area contributed by atoms with Crippen molar-refractivity contribution in [2.75, 3.05) is 13.6 Å². The van der Waals surface area contributed by atoms with Crippen LogP contribution in [0, 0.1) is 0 Å². The van der Waals surface area contributed by atoms with Gasteiger partial charge in [-0.3, -0.25) is 4.79 Å². The summed E-state index contributed by atoms with van der Waals surface area (Å²) >= 11 is 0. The molecule has 1 fully saturated rings. The Bertz CT molecular complexity index is 427. The molecule has 1 heterocycles. The molecule has 1 amide bonds. The van der Waals surface area contributed by atoms with Crippen molar-refractivity contribution in [2.45, 2.75) is 25.3 Å². The monoisotopic (exact) mass is 244 g/mol. The number of rotatable bonds is 2. The summed E-state index contributed by atoms with van der Waals surface area (Å²) < 4.78 is 0. The molecule has 0 bridgehead atoms. The summed E-state index contributed by atoms with van der Waals surface area (Å²) in [5.41, 5.74) is 2.14. The van der Waals surface area contributed by atoms with E-state index < -0.39 is 0 Å². The van der Waals surface area contributed by atoms with Crippen molar-refractivity contribution in [1.29, 1.82) is 0 Å². The van der Waals surface area contributed by atoms with Crippen LogP contribution in [0.5, 0.6) is 0 Å². The summed E-state index contributed by atoms with van der Waals surface area (Å²) in [7, 11) is 1.87. The minimum atomic E-state index is -0.190. The van der Waals surface area contributed by atoms with Gasteiger partial charge in [0.05, 0.1) is 0 Å². The molecule has 0 spiro atoms. The molecule has 1 aliphatic rings. The third-order valence-corrected chi connectivity index (χ3v) is 3.31. The number of benzene rings is 1. The summed E-state index contributed by atoms with van der Waals surface area (Å²) in [6.45, 7) is 4.80. The van der Waals surface area contributed by atoms with Crippen LogP contribution >= 0.6 is 0 Å². The van der Waals surface area contributed by atoms with Crippen LogP contribution in [-0.4, -0.2) is 30.4 Å². The molecule has 1 aromatic carbocycles. The molecule has 1 saturated heterocycles. The number of carbonyl (C=O) groups excluding carboxylic acids is 1. The quantitative estimate of drug-likeness (QED) is 0.862. The van der Waals surface area contributed by atoms with E-state index in [9.17, 15) is 4.79 Å². The van der Waals surface area contributed by atoms with E-state index in [1.165, 1.54) is 5.56 Å². The van der Waals surface area contributed by atoms with Gasteiger partial charge in [-0.15, -0.1) is 0 Å². The van der Waals surface area contributed by atoms with E-state index in [1.54, 1.807) is 0 Å². The largest absolute Gasteiger partial charge is 0.377 e. The highest BCUT2D eigenvalue weighted by Gasteiger charge is 2.24. The van der Waals surface area contributed by atoms with E-state index in [-0.39, 0.29) is 11.9 Å². The second kappa shape index (κ2) is 5.71. The van der Waals surface area contributed by atoms with E-state index >= 15 is 0 Å². The van der Waals surface area contributed by atoms with Crippen LogP contribution in [-0.2, 0) is 11.2 Å². The third kappa shape index (κ3) is 3.13. The standard InChI is InChI=1S/C15H20N2O/c1-12-7-6-10-17(2)15(18)14(16-12)11-13-8-4-3-5-9-13/h3-5,8-9,14,16H,1,6-7,10-11H2,2H3. The Morgan fingerprint density at radius 1 is 1.39 bits per heavy atom. The first-order chi connectivity index (χ1) is 8.66. The number of nitrogens with zero attached hydrogens (tertiary/aromatic N) is 1. The summed E-state index contributed by atoms with van der Waals surface area (Å²) in [5.74, 6) is 0.153. The SMILES string of the molecule is C=C1CCCN(C)C(=O)C(Cc2ccccc2)N1. The van der Waals surface area contributed by atoms with Crippen LogP contribution in [0.1, 0.15) is 18.4 Å². The molecule has 3 nitrogen and oxygen atoms in total. The zero-order chi connectivity index (χ0) is 13.0. The van der Waals surface area contributed by atoms with Crippen molar-refractivity contribution in [3.63, 3.8) is 0 Å². The molecular formula is C15H20N2O. The first kappa shape index (κ1) is 12.7. The molecule has 0 saturated carbocycles. The molecule has 0 radical (unpaired) electrons. The fourth-order valence-electron chi connectivity index (χ4n) is 2.27. The smallest absolute Gasteiger partial charge is 0.245 e. The van der Waals surface area contributed by atoms with Gasteiger partial charge >= 0.3 is 0 Å². The summed E-state index contributed by atoms with van der Waals surface area (Å²) in [6, 6.07) is 9.91. The highest BCUT2D eigenvalue weighted by atomic mass is 16.2. The van der Waals surface area contributed by atoms with Crippen molar-refractivity contribution in [3.8, 4) is 0 Å². The second-order valence-electron chi connectivity index (χ2n) is 4.85. The molecule has 96 valence electrons. The minimum Gasteiger partial charge on any atom is -0.377 e. The van der Waals surface area contributed by atoms with Crippen LogP contribution in [0.25, 0.3) is 0 Å². The Labute approximate surface area is 108 Å². The maximum atomic E-state index is 12.3. The fourth-order valence-corrected chi connectivity index (χ4v) is 2.27. The average Bonchev–Trinajstić information content (AvgIpc) is 2.37. The van der Waals surface area contributed by atoms with Gasteiger partial charge in [0.1, 0.15) is 6.04 Å². The lowest BCUT2D eigenvalue weighted by atomic mass is 10.0. The van der Waals surface area contributed by atoms with Gasteiger partial charge in [0.25, 0.3) is 0 Å². The number of nitrogens with one attached hydrogen (secondary N) is 1. The van der Waals surface area contributed by atoms with E-state index in [0.717, 1.165) is 25.1 Å². The van der Waals surface area contributed by atoms with Crippen LogP contribution in [0.2, 0.25) is 0 Å². The lowest BCUT2D eigenvalue weighted by Crippen LogP contribution is -2.47. The molecule has 0 aromatic heterocycles. The maximum absolute atomic E-state index is 12.3. The summed E-state index contributed by atoms with van der Waals surface area (Å²) in [5, 5.41) is 3.26. The van der Waals surface area contributed by atoms with Gasteiger partial charge in [0.15, 0.2) is 0 Å². The normalized spacial score (nSPS) is 21.2. The number of amides is 1. The number of hydrogen-bond acceptors (Lipinski definition) is 2. The Hall–Kier alpha value is -1.77. The lowest BCUT2D eigenvalue weighted by Gasteiger charge is -2.29. The van der Waals surface area contributed by atoms with Crippen molar-refractivity contribution < 1.29 is 4.79 Å². The average molecular weight is 244 g/mol. The van der Waals surface area contributed by atoms with Crippen molar-refractivity contribution in [3.05, 3.63) is 48.2 Å². The molecule has 1 unspecified atom stereocenters. The number of allylic oxidation sites excluding steroid dienone is 1. The Balaban J connectivity index is 2.11. The second-order valence-corrected chi connectivity index (χ2v) is 4.85. The van der Waals surface area contributed by atoms with E-state index in [2.05, 4.69) is 24.0 Å². The van der Waals surface area contributed by atoms with Gasteiger partial charge in [-0.1, -0.05) is 36.9 Å². The Kier molecular flexibility index (Phi) is 4.03. The van der Waals surface area contributed by atoms with Crippen LogP contribution < -0.4 is 5.32 Å². The van der Waals surface area contributed by atoms with E-state index in [4.69, 9.17) is 0 Å². The van der Waals surface area contributed by atoms with Gasteiger partial charge in [-0.25, -0.2) is 0 Å². The molecule has 1 aromatic rings. The fraction of sp³-hybridized carbons (Fsp3) is 0.400. The van der Waals surface area contributed by atoms with Crippen LogP contribution in [0.4, 0.5) is 0 Å². The van der Waals surface area contributed by atoms with E-state index in [0.29, 0.717) is 6.42 Å². The molecule has 3 heteroatoms. The molecule has 2 rings (SSSR count). The Morgan fingerprint density at radius 3 is 2.83 bits per heavy atom. The number of likely N-dealkylation sites (N-methyl/N-ethyl adjacent to an activating group) is 1. The molecule has 0 aliphatic carbocycles. The molecule has 1 aliphatic heterocycles. The topological polar surface area (TPSA) is 32.3 Å². The zero-order valence-electron chi connectivity index (χ0n) is 10.9. The van der Waals surface area contributed by atoms with Gasteiger partial charge in [-0.2, -0.15) is 0 Å². The first-order valence-corrected chi connectivity index (χ1v) is 6.40. The predicted molar refractivity (Wildman–Crippen MR) is 73.1 cm³/mol. The van der Waals surface area contributed by atoms with Crippen molar-refractivity contribution in [1.82, 2.24) is 10.2 Å². The van der Waals surface area contributed by atoms with Crippen LogP contribution in [0.3, 0.4) is 0 Å². The first-order valence-electron chi connectivity index (χ1n) is 6.40.